The van der Waals surface area contributed by atoms with Crippen molar-refractivity contribution in [3.8, 4) is 34.4 Å². The highest BCUT2D eigenvalue weighted by atomic mass is 35.5. The Morgan fingerprint density at radius 3 is 2.45 bits per heavy atom. The Bertz CT molecular complexity index is 1950. The number of nitriles is 1. The van der Waals surface area contributed by atoms with Gasteiger partial charge in [0.2, 0.25) is 0 Å². The van der Waals surface area contributed by atoms with E-state index in [4.69, 9.17) is 25.8 Å². The molecular weight excluding hydrogens is 660 g/mol. The van der Waals surface area contributed by atoms with E-state index < -0.39 is 0 Å². The number of hydrogen-bond acceptors (Lipinski definition) is 8. The highest BCUT2D eigenvalue weighted by Gasteiger charge is 2.17. The van der Waals surface area contributed by atoms with Crippen LogP contribution in [0, 0.1) is 25.2 Å². The molecule has 0 bridgehead atoms. The average molecular weight is 705 g/mol. The summed E-state index contributed by atoms with van der Waals surface area (Å²) in [5.41, 5.74) is 7.80. The zero-order chi connectivity index (χ0) is 35.6. The molecule has 2 aromatic heterocycles. The summed E-state index contributed by atoms with van der Waals surface area (Å²) in [5, 5.41) is 9.83. The molecule has 1 N–H and O–H groups in total. The van der Waals surface area contributed by atoms with E-state index in [2.05, 4.69) is 81.1 Å². The number of imidazole rings is 1. The second kappa shape index (κ2) is 17.4. The van der Waals surface area contributed by atoms with Crippen LogP contribution in [-0.4, -0.2) is 58.0 Å². The number of nitrogens with zero attached hydrogens (tertiary/aromatic N) is 5. The molecule has 1 fully saturated rings. The third-order valence-electron chi connectivity index (χ3n) is 9.33. The van der Waals surface area contributed by atoms with Gasteiger partial charge in [0.05, 0.1) is 23.7 Å². The number of aromatic nitrogens is 3. The van der Waals surface area contributed by atoms with E-state index in [-0.39, 0.29) is 6.61 Å². The van der Waals surface area contributed by atoms with Gasteiger partial charge in [0.25, 0.3) is 0 Å². The highest BCUT2D eigenvalue weighted by molar-refractivity contribution is 6.32. The zero-order valence-corrected chi connectivity index (χ0v) is 30.4. The minimum absolute atomic E-state index is 0.236. The molecule has 1 aliphatic rings. The van der Waals surface area contributed by atoms with Crippen LogP contribution in [0.25, 0.3) is 11.1 Å². The van der Waals surface area contributed by atoms with Crippen molar-refractivity contribution in [1.82, 2.24) is 24.8 Å². The summed E-state index contributed by atoms with van der Waals surface area (Å²) < 4.78 is 19.0. The molecule has 10 heteroatoms. The second-order valence-electron chi connectivity index (χ2n) is 13.1. The summed E-state index contributed by atoms with van der Waals surface area (Å²) in [4.78, 5) is 16.3. The van der Waals surface area contributed by atoms with E-state index in [0.717, 1.165) is 63.5 Å². The van der Waals surface area contributed by atoms with Crippen molar-refractivity contribution in [2.75, 3.05) is 33.3 Å². The third-order valence-corrected chi connectivity index (χ3v) is 9.62. The maximum absolute atomic E-state index is 9.33. The predicted molar refractivity (Wildman–Crippen MR) is 200 cm³/mol. The van der Waals surface area contributed by atoms with Gasteiger partial charge in [0.15, 0.2) is 0 Å². The van der Waals surface area contributed by atoms with Gasteiger partial charge in [-0.1, -0.05) is 41.9 Å². The fourth-order valence-corrected chi connectivity index (χ4v) is 6.79. The van der Waals surface area contributed by atoms with Gasteiger partial charge in [-0.3, -0.25) is 9.88 Å². The molecule has 51 heavy (non-hydrogen) atoms. The molecule has 0 amide bonds. The molecule has 3 heterocycles. The number of halogens is 1. The minimum Gasteiger partial charge on any atom is -0.493 e. The van der Waals surface area contributed by atoms with Crippen molar-refractivity contribution in [2.24, 2.45) is 0 Å². The van der Waals surface area contributed by atoms with E-state index in [9.17, 15) is 5.26 Å². The number of pyridine rings is 1. The van der Waals surface area contributed by atoms with Crippen molar-refractivity contribution >= 4 is 11.6 Å². The molecule has 1 aliphatic heterocycles. The first-order chi connectivity index (χ1) is 24.9. The number of H-pyrrole nitrogens is 1. The number of nitrogens with one attached hydrogen (secondary N) is 1. The van der Waals surface area contributed by atoms with Crippen LogP contribution in [-0.2, 0) is 26.3 Å². The number of benzene rings is 3. The molecular formula is C41H45ClN6O3. The van der Waals surface area contributed by atoms with Gasteiger partial charge in [0, 0.05) is 55.1 Å². The van der Waals surface area contributed by atoms with Crippen molar-refractivity contribution in [3.63, 3.8) is 0 Å². The Kier molecular flexibility index (Phi) is 12.2. The fourth-order valence-electron chi connectivity index (χ4n) is 6.55. The lowest BCUT2D eigenvalue weighted by Crippen LogP contribution is -2.22. The zero-order valence-electron chi connectivity index (χ0n) is 29.6. The topological polar surface area (TPSA) is 99.5 Å². The van der Waals surface area contributed by atoms with Crippen molar-refractivity contribution in [2.45, 2.75) is 59.4 Å². The van der Waals surface area contributed by atoms with Crippen molar-refractivity contribution in [1.29, 1.82) is 5.26 Å². The molecule has 0 aliphatic carbocycles. The smallest absolute Gasteiger partial charge is 0.142 e. The molecule has 0 radical (unpaired) electrons. The summed E-state index contributed by atoms with van der Waals surface area (Å²) >= 11 is 6.86. The molecule has 0 spiro atoms. The predicted octanol–water partition coefficient (Wildman–Crippen LogP) is 8.27. The standard InChI is InChI=1S/C41H45ClN6O3/c1-29-33(9-6-10-35(29)36-11-7-12-38(30(36)2)49-18-8-17-48-15-4-5-16-48)28-51-40-21-39(50-27-32-19-31(22-43)23-44-24-32)34(20-37(40)42)25-47(3)26-41-45-13-14-46-41/h6-7,9-14,19-21,23-24H,4-5,8,15-18,25-28H2,1-3H3,(H,45,46). The fraction of sp³-hybridized carbons (Fsp3) is 0.341. The van der Waals surface area contributed by atoms with Crippen LogP contribution >= 0.6 is 11.6 Å². The van der Waals surface area contributed by atoms with E-state index >= 15 is 0 Å². The Morgan fingerprint density at radius 2 is 1.67 bits per heavy atom. The number of hydrogen-bond donors (Lipinski definition) is 1. The molecule has 0 saturated carbocycles. The molecule has 0 unspecified atom stereocenters. The van der Waals surface area contributed by atoms with Crippen molar-refractivity contribution in [3.05, 3.63) is 124 Å². The lowest BCUT2D eigenvalue weighted by molar-refractivity contribution is 0.262. The number of aromatic amines is 1. The van der Waals surface area contributed by atoms with Gasteiger partial charge in [-0.05, 0) is 99.3 Å². The Labute approximate surface area is 305 Å². The number of likely N-dealkylation sites (tertiary alicyclic amines) is 1. The number of ether oxygens (including phenoxy) is 3. The first kappa shape index (κ1) is 35.9. The molecule has 9 nitrogen and oxygen atoms in total. The Balaban J connectivity index is 1.17. The molecule has 6 rings (SSSR count). The van der Waals surface area contributed by atoms with Crippen LogP contribution in [0.1, 0.15) is 58.5 Å². The molecule has 264 valence electrons. The van der Waals surface area contributed by atoms with Gasteiger partial charge in [-0.25, -0.2) is 4.98 Å². The second-order valence-corrected chi connectivity index (χ2v) is 13.5. The quantitative estimate of drug-likeness (QED) is 0.103. The third kappa shape index (κ3) is 9.47. The van der Waals surface area contributed by atoms with Gasteiger partial charge in [-0.2, -0.15) is 5.26 Å². The lowest BCUT2D eigenvalue weighted by Gasteiger charge is -2.20. The van der Waals surface area contributed by atoms with E-state index in [1.54, 1.807) is 18.5 Å². The van der Waals surface area contributed by atoms with Crippen LogP contribution in [0.3, 0.4) is 0 Å². The first-order valence-electron chi connectivity index (χ1n) is 17.5. The van der Waals surface area contributed by atoms with Gasteiger partial charge >= 0.3 is 0 Å². The van der Waals surface area contributed by atoms with Crippen LogP contribution in [0.5, 0.6) is 17.2 Å². The van der Waals surface area contributed by atoms with E-state index in [1.165, 1.54) is 32.1 Å². The van der Waals surface area contributed by atoms with Gasteiger partial charge < -0.3 is 24.1 Å². The monoisotopic (exact) mass is 704 g/mol. The van der Waals surface area contributed by atoms with Crippen LogP contribution in [0.2, 0.25) is 5.02 Å². The van der Waals surface area contributed by atoms with Crippen LogP contribution < -0.4 is 14.2 Å². The normalized spacial score (nSPS) is 13.0. The number of rotatable bonds is 16. The summed E-state index contributed by atoms with van der Waals surface area (Å²) in [5.74, 6) is 2.96. The molecule has 5 aromatic rings. The van der Waals surface area contributed by atoms with E-state index in [1.807, 2.05) is 25.4 Å². The first-order valence-corrected chi connectivity index (χ1v) is 17.9. The van der Waals surface area contributed by atoms with E-state index in [0.29, 0.717) is 48.4 Å². The maximum Gasteiger partial charge on any atom is 0.142 e. The average Bonchev–Trinajstić information content (AvgIpc) is 3.86. The molecule has 0 atom stereocenters. The summed E-state index contributed by atoms with van der Waals surface area (Å²) in [7, 11) is 2.01. The molecule has 3 aromatic carbocycles. The lowest BCUT2D eigenvalue weighted by atomic mass is 9.93. The molecule has 1 saturated heterocycles. The summed E-state index contributed by atoms with van der Waals surface area (Å²) in [6.07, 6.45) is 10.4. The van der Waals surface area contributed by atoms with Crippen LogP contribution in [0.15, 0.2) is 79.4 Å². The highest BCUT2D eigenvalue weighted by Crippen LogP contribution is 2.37. The van der Waals surface area contributed by atoms with Crippen LogP contribution in [0.4, 0.5) is 0 Å². The van der Waals surface area contributed by atoms with Crippen molar-refractivity contribution < 1.29 is 14.2 Å². The summed E-state index contributed by atoms with van der Waals surface area (Å²) in [6, 6.07) is 20.3. The Morgan fingerprint density at radius 1 is 0.882 bits per heavy atom. The van der Waals surface area contributed by atoms with Gasteiger partial charge in [0.1, 0.15) is 42.4 Å². The summed E-state index contributed by atoms with van der Waals surface area (Å²) in [6.45, 7) is 10.2. The Hall–Kier alpha value is -4.88. The largest absolute Gasteiger partial charge is 0.493 e. The SMILES string of the molecule is Cc1c(COc2cc(OCc3cncc(C#N)c3)c(CN(C)Cc3ncc[nH]3)cc2Cl)cccc1-c1cccc(OCCCN2CCCC2)c1C. The minimum atomic E-state index is 0.236. The van der Waals surface area contributed by atoms with Gasteiger partial charge in [-0.15, -0.1) is 0 Å². The maximum atomic E-state index is 9.33.